The van der Waals surface area contributed by atoms with Crippen LogP contribution in [-0.4, -0.2) is 88.0 Å². The van der Waals surface area contributed by atoms with E-state index in [0.29, 0.717) is 33.4 Å². The van der Waals surface area contributed by atoms with Crippen molar-refractivity contribution in [2.24, 2.45) is 0 Å². The van der Waals surface area contributed by atoms with E-state index in [1.165, 1.54) is 0 Å². The molecule has 0 heterocycles. The minimum atomic E-state index is -3.07. The fourth-order valence-corrected chi connectivity index (χ4v) is 56.7. The molecule has 0 unspecified atom stereocenters. The predicted molar refractivity (Wildman–Crippen MR) is 358 cm³/mol. The summed E-state index contributed by atoms with van der Waals surface area (Å²) in [6.07, 6.45) is 0. The molecule has 444 valence electrons. The van der Waals surface area contributed by atoms with Gasteiger partial charge in [-0.25, -0.2) is 0 Å². The van der Waals surface area contributed by atoms with E-state index >= 15 is 0 Å². The van der Waals surface area contributed by atoms with E-state index in [4.69, 9.17) is 28.4 Å². The van der Waals surface area contributed by atoms with Crippen LogP contribution < -0.4 is 10.5 Å². The summed E-state index contributed by atoms with van der Waals surface area (Å²) in [4.78, 5) is 83.8. The number of hydrogen-bond acceptors (Lipinski definition) is 18. The van der Waals surface area contributed by atoms with Crippen LogP contribution in [0.2, 0.25) is 0 Å². The Morgan fingerprint density at radius 3 is 0.494 bits per heavy atom. The van der Waals surface area contributed by atoms with Crippen molar-refractivity contribution in [1.29, 1.82) is 0 Å². The van der Waals surface area contributed by atoms with E-state index in [1.807, 2.05) is 72.8 Å². The van der Waals surface area contributed by atoms with Gasteiger partial charge in [0.05, 0.1) is 0 Å². The summed E-state index contributed by atoms with van der Waals surface area (Å²) in [7, 11) is 10.6. The van der Waals surface area contributed by atoms with Crippen LogP contribution in [0.1, 0.15) is 104 Å². The zero-order chi connectivity index (χ0) is 62.9. The first-order valence-electron chi connectivity index (χ1n) is 25.9. The summed E-state index contributed by atoms with van der Waals surface area (Å²) >= 11 is -9.20. The molecule has 0 aliphatic rings. The number of rotatable bonds is 27. The molecule has 0 bridgehead atoms. The van der Waals surface area contributed by atoms with Gasteiger partial charge >= 0.3 is 551 Å². The van der Waals surface area contributed by atoms with E-state index in [0.717, 1.165) is 39.9 Å². The van der Waals surface area contributed by atoms with Gasteiger partial charge in [-0.1, -0.05) is 0 Å². The van der Waals surface area contributed by atoms with Gasteiger partial charge in [-0.2, -0.15) is 0 Å². The van der Waals surface area contributed by atoms with Crippen molar-refractivity contribution < 1.29 is 57.2 Å². The second-order valence-corrected chi connectivity index (χ2v) is 60.2. The monoisotopic (exact) mass is 1600 g/mol. The molecule has 0 N–H and O–H groups in total. The third kappa shape index (κ3) is 21.8. The summed E-state index contributed by atoms with van der Waals surface area (Å²) in [5.41, 5.74) is 2.24. The van der Waals surface area contributed by atoms with E-state index < -0.39 is 88.0 Å². The first-order valence-corrected chi connectivity index (χ1v) is 53.2. The third-order valence-electron chi connectivity index (χ3n) is 10.8. The van der Waals surface area contributed by atoms with Crippen LogP contribution in [0, 0.1) is 0 Å². The molecule has 0 saturated heterocycles. The molecular formula is C66H57O12S6Sb3. The van der Waals surface area contributed by atoms with Gasteiger partial charge in [-0.05, 0) is 0 Å². The molecule has 0 atom stereocenters. The maximum absolute atomic E-state index is 13.0. The van der Waals surface area contributed by atoms with Crippen LogP contribution in [0.5, 0.6) is 0 Å². The fraction of sp³-hybridized carbons (Fsp3) is 0.0909. The minimum absolute atomic E-state index is 0.277. The molecule has 0 aromatic heterocycles. The van der Waals surface area contributed by atoms with Gasteiger partial charge < -0.3 is 0 Å². The summed E-state index contributed by atoms with van der Waals surface area (Å²) in [6, 6.07) is 51.1. The summed E-state index contributed by atoms with van der Waals surface area (Å²) in [5, 5.41) is 0. The number of esters is 6. The number of benzene rings is 7. The van der Waals surface area contributed by atoms with Gasteiger partial charge in [0.15, 0.2) is 0 Å². The Kier molecular flexibility index (Phi) is 26.3. The second kappa shape index (κ2) is 33.3. The average Bonchev–Trinajstić information content (AvgIpc) is 2.27. The zero-order valence-electron chi connectivity index (χ0n) is 48.0. The predicted octanol–water partition coefficient (Wildman–Crippen LogP) is 15.7. The first kappa shape index (κ1) is 68.8. The molecule has 0 amide bonds. The molecule has 87 heavy (non-hydrogen) atoms. The SMILES string of the molecule is C=C(C)OC(=O)c1ccc([S][Sb]([S]c2ccc(C(=O)OC(=C)C)cc2)[c]2c[c]([Sb]([S]c3ccc(C(=O)OC(=C)C)cc3)[S]c3ccc(C(=O)OC(=C)C)cc3)c[c]([Sb]([S]c3ccc(C(=O)OC(=C)C)cc3)[S]c3ccc(C(=O)OC(=C)C)cc3)c2)cc1. The quantitative estimate of drug-likeness (QED) is 0.0207. The fourth-order valence-electron chi connectivity index (χ4n) is 7.06. The molecule has 0 radical (unpaired) electrons. The van der Waals surface area contributed by atoms with E-state index in [1.54, 1.807) is 167 Å². The van der Waals surface area contributed by atoms with Gasteiger partial charge in [-0.3, -0.25) is 0 Å². The molecular weight excluding hydrogens is 1540 g/mol. The molecule has 0 fully saturated rings. The van der Waals surface area contributed by atoms with Crippen molar-refractivity contribution in [3.8, 4) is 0 Å². The van der Waals surface area contributed by atoms with Crippen molar-refractivity contribution in [1.82, 2.24) is 0 Å². The number of ether oxygens (including phenoxy) is 6. The van der Waals surface area contributed by atoms with Crippen LogP contribution in [0.15, 0.2) is 267 Å². The Morgan fingerprint density at radius 1 is 0.253 bits per heavy atom. The van der Waals surface area contributed by atoms with E-state index in [9.17, 15) is 28.8 Å². The van der Waals surface area contributed by atoms with E-state index in [2.05, 4.69) is 57.7 Å². The number of carbonyl (C=O) groups excluding carboxylic acids is 6. The molecule has 0 aliphatic carbocycles. The molecule has 0 saturated carbocycles. The Balaban J connectivity index is 1.45. The Labute approximate surface area is 544 Å². The summed E-state index contributed by atoms with van der Waals surface area (Å²) in [5.74, 6) is -1.42. The molecule has 0 aliphatic heterocycles. The van der Waals surface area contributed by atoms with Crippen molar-refractivity contribution in [2.75, 3.05) is 0 Å². The van der Waals surface area contributed by atoms with Gasteiger partial charge in [-0.15, -0.1) is 0 Å². The maximum atomic E-state index is 13.0. The summed E-state index contributed by atoms with van der Waals surface area (Å²) < 4.78 is 35.6. The van der Waals surface area contributed by atoms with Crippen LogP contribution in [0.4, 0.5) is 0 Å². The Hall–Kier alpha value is -5.65. The molecule has 7 aromatic rings. The molecule has 7 rings (SSSR count). The van der Waals surface area contributed by atoms with Gasteiger partial charge in [0.25, 0.3) is 0 Å². The molecule has 7 aromatic carbocycles. The third-order valence-corrected chi connectivity index (χ3v) is 57.3. The molecule has 21 heteroatoms. The van der Waals surface area contributed by atoms with Crippen LogP contribution in [0.25, 0.3) is 0 Å². The second-order valence-electron chi connectivity index (χ2n) is 18.7. The van der Waals surface area contributed by atoms with Gasteiger partial charge in [0, 0.05) is 0 Å². The Bertz CT molecular complexity index is 3160. The summed E-state index contributed by atoms with van der Waals surface area (Å²) in [6.45, 7) is 32.1. The molecule has 12 nitrogen and oxygen atoms in total. The standard InChI is InChI=1S/6C10H10O2S.C6H3.3Sb/c6*1-7(2)12-10(11)8-3-5-9(13)6-4-8;1-2-4-6-5-3-1;;;/h6*3-6,13H,1H2,2H3;1,4-5H;;;/q;;;;;;;3*+2/p-6. The average molecular weight is 1600 g/mol. The topological polar surface area (TPSA) is 158 Å². The normalized spacial score (nSPS) is 10.9. The number of carbonyl (C=O) groups is 6. The number of hydrogen-bond donors (Lipinski definition) is 0. The van der Waals surface area contributed by atoms with Crippen molar-refractivity contribution in [2.45, 2.75) is 70.9 Å². The Morgan fingerprint density at radius 2 is 0.379 bits per heavy atom. The first-order chi connectivity index (χ1) is 41.4. The van der Waals surface area contributed by atoms with Crippen LogP contribution in [-0.2, 0) is 28.4 Å². The zero-order valence-corrected chi connectivity index (χ0v) is 60.6. The van der Waals surface area contributed by atoms with Gasteiger partial charge in [0.1, 0.15) is 0 Å². The van der Waals surface area contributed by atoms with Crippen molar-refractivity contribution in [3.05, 3.63) is 271 Å². The van der Waals surface area contributed by atoms with Crippen molar-refractivity contribution in [3.63, 3.8) is 0 Å². The van der Waals surface area contributed by atoms with Crippen LogP contribution >= 0.6 is 53.1 Å². The molecule has 0 spiro atoms. The number of allylic oxidation sites excluding steroid dienone is 6. The van der Waals surface area contributed by atoms with Crippen LogP contribution in [0.3, 0.4) is 0 Å². The van der Waals surface area contributed by atoms with Crippen molar-refractivity contribution >= 4 is 152 Å². The van der Waals surface area contributed by atoms with E-state index in [-0.39, 0.29) is 34.6 Å². The van der Waals surface area contributed by atoms with Gasteiger partial charge in [0.2, 0.25) is 0 Å².